The van der Waals surface area contributed by atoms with E-state index in [1.165, 1.54) is 11.9 Å². The molecule has 0 radical (unpaired) electrons. The van der Waals surface area contributed by atoms with E-state index in [0.717, 1.165) is 70.2 Å². The van der Waals surface area contributed by atoms with Crippen molar-refractivity contribution in [1.29, 1.82) is 0 Å². The van der Waals surface area contributed by atoms with Crippen molar-refractivity contribution in [2.45, 2.75) is 58.1 Å². The highest BCUT2D eigenvalue weighted by Crippen LogP contribution is 2.36. The van der Waals surface area contributed by atoms with Gasteiger partial charge in [-0.25, -0.2) is 19.6 Å². The molecule has 5 aromatic rings. The zero-order valence-corrected chi connectivity index (χ0v) is 21.7. The van der Waals surface area contributed by atoms with Crippen molar-refractivity contribution < 1.29 is 14.3 Å². The molecule has 1 aliphatic carbocycles. The average molecular weight is 513 g/mol. The van der Waals surface area contributed by atoms with E-state index in [1.54, 1.807) is 0 Å². The summed E-state index contributed by atoms with van der Waals surface area (Å²) in [6.45, 7) is 4.56. The van der Waals surface area contributed by atoms with Gasteiger partial charge in [0.25, 0.3) is 0 Å². The summed E-state index contributed by atoms with van der Waals surface area (Å²) < 4.78 is 13.8. The lowest BCUT2D eigenvalue weighted by atomic mass is 9.93. The third-order valence-corrected chi connectivity index (χ3v) is 7.40. The number of anilines is 1. The second kappa shape index (κ2) is 10.2. The molecule has 9 heteroatoms. The van der Waals surface area contributed by atoms with E-state index in [9.17, 15) is 0 Å². The van der Waals surface area contributed by atoms with Gasteiger partial charge in [-0.1, -0.05) is 30.3 Å². The molecular weight excluding hydrogens is 480 g/mol. The fourth-order valence-electron chi connectivity index (χ4n) is 5.58. The average Bonchev–Trinajstić information content (AvgIpc) is 3.51. The number of fused-ring (bicyclic) bond motifs is 2. The zero-order chi connectivity index (χ0) is 26.2. The molecule has 3 aromatic heterocycles. The molecule has 0 saturated heterocycles. The summed E-state index contributed by atoms with van der Waals surface area (Å²) in [5.74, 6) is 1.13. The molecule has 3 heterocycles. The summed E-state index contributed by atoms with van der Waals surface area (Å²) in [5.41, 5.74) is 14.0. The summed E-state index contributed by atoms with van der Waals surface area (Å²) in [6, 6.07) is 12.7. The van der Waals surface area contributed by atoms with Gasteiger partial charge in [-0.3, -0.25) is 0 Å². The lowest BCUT2D eigenvalue weighted by Crippen LogP contribution is -2.25. The molecule has 6 rings (SSSR count). The van der Waals surface area contributed by atoms with Crippen LogP contribution in [-0.4, -0.2) is 49.2 Å². The van der Waals surface area contributed by atoms with Gasteiger partial charge in [-0.2, -0.15) is 5.10 Å². The highest BCUT2D eigenvalue weighted by atomic mass is 16.5. The van der Waals surface area contributed by atoms with Gasteiger partial charge in [0.2, 0.25) is 0 Å². The first-order valence-corrected chi connectivity index (χ1v) is 13.2. The lowest BCUT2D eigenvalue weighted by molar-refractivity contribution is 0.00109. The molecule has 0 aliphatic heterocycles. The van der Waals surface area contributed by atoms with Crippen LogP contribution >= 0.6 is 0 Å². The van der Waals surface area contributed by atoms with Crippen molar-refractivity contribution >= 4 is 28.0 Å². The Balaban J connectivity index is 1.26. The van der Waals surface area contributed by atoms with Gasteiger partial charge in [-0.05, 0) is 62.3 Å². The predicted octanol–water partition coefficient (Wildman–Crippen LogP) is 4.92. The standard InChI is InChI=1S/C29H32N6O3/c1-17-13-18(2)27-23(14-17)33-24(38-27)15-19-3-5-20(6-4-19)26-25-28(30)31-16-32-29(25)35(34-26)21-7-9-22(10-8-21)37-12-11-36/h3-6,13-14,16,21-22,36H,7-12,15H2,1-2H3,(H2,30,31,32). The molecule has 9 nitrogen and oxygen atoms in total. The number of hydrogen-bond acceptors (Lipinski definition) is 8. The number of rotatable bonds is 7. The first kappa shape index (κ1) is 24.5. The number of nitrogens with zero attached hydrogens (tertiary/aromatic N) is 5. The maximum Gasteiger partial charge on any atom is 0.199 e. The minimum Gasteiger partial charge on any atom is -0.440 e. The molecule has 2 aromatic carbocycles. The molecule has 0 spiro atoms. The zero-order valence-electron chi connectivity index (χ0n) is 21.7. The highest BCUT2D eigenvalue weighted by Gasteiger charge is 2.27. The van der Waals surface area contributed by atoms with Crippen LogP contribution in [0.2, 0.25) is 0 Å². The van der Waals surface area contributed by atoms with Crippen molar-refractivity contribution in [3.05, 3.63) is 65.3 Å². The Hall–Kier alpha value is -3.82. The Kier molecular flexibility index (Phi) is 6.55. The Morgan fingerprint density at radius 1 is 1.08 bits per heavy atom. The van der Waals surface area contributed by atoms with E-state index in [2.05, 4.69) is 60.2 Å². The SMILES string of the molecule is Cc1cc(C)c2oc(Cc3ccc(-c4nn(C5CCC(OCCO)CC5)c5ncnc(N)c45)cc3)nc2c1. The number of aryl methyl sites for hydroxylation is 2. The van der Waals surface area contributed by atoms with Crippen molar-refractivity contribution in [1.82, 2.24) is 24.7 Å². The van der Waals surface area contributed by atoms with E-state index in [4.69, 9.17) is 30.1 Å². The van der Waals surface area contributed by atoms with Crippen LogP contribution in [0.3, 0.4) is 0 Å². The van der Waals surface area contributed by atoms with Gasteiger partial charge >= 0.3 is 0 Å². The maximum absolute atomic E-state index is 9.05. The fraction of sp³-hybridized carbons (Fsp3) is 0.379. The maximum atomic E-state index is 9.05. The minimum atomic E-state index is 0.0518. The molecule has 38 heavy (non-hydrogen) atoms. The first-order valence-electron chi connectivity index (χ1n) is 13.2. The Morgan fingerprint density at radius 3 is 2.63 bits per heavy atom. The lowest BCUT2D eigenvalue weighted by Gasteiger charge is -2.28. The normalized spacial score (nSPS) is 18.0. The second-order valence-electron chi connectivity index (χ2n) is 10.2. The number of hydrogen-bond donors (Lipinski definition) is 2. The fourth-order valence-corrected chi connectivity index (χ4v) is 5.58. The number of ether oxygens (including phenoxy) is 1. The Bertz CT molecular complexity index is 1580. The highest BCUT2D eigenvalue weighted by molar-refractivity contribution is 5.98. The Morgan fingerprint density at radius 2 is 1.87 bits per heavy atom. The number of nitrogen functional groups attached to an aromatic ring is 1. The van der Waals surface area contributed by atoms with Crippen LogP contribution in [0.25, 0.3) is 33.4 Å². The minimum absolute atomic E-state index is 0.0518. The van der Waals surface area contributed by atoms with Gasteiger partial charge in [0.1, 0.15) is 23.4 Å². The van der Waals surface area contributed by atoms with Crippen LogP contribution in [0, 0.1) is 13.8 Å². The van der Waals surface area contributed by atoms with Crippen LogP contribution < -0.4 is 5.73 Å². The number of aromatic nitrogens is 5. The molecule has 3 N–H and O–H groups in total. The van der Waals surface area contributed by atoms with Gasteiger partial charge in [0, 0.05) is 12.0 Å². The van der Waals surface area contributed by atoms with Crippen LogP contribution in [0.4, 0.5) is 5.82 Å². The molecule has 196 valence electrons. The van der Waals surface area contributed by atoms with Crippen molar-refractivity contribution in [3.8, 4) is 11.3 Å². The van der Waals surface area contributed by atoms with Crippen LogP contribution in [-0.2, 0) is 11.2 Å². The van der Waals surface area contributed by atoms with E-state index in [1.807, 2.05) is 4.68 Å². The smallest absolute Gasteiger partial charge is 0.199 e. The van der Waals surface area contributed by atoms with Crippen LogP contribution in [0.1, 0.15) is 54.3 Å². The van der Waals surface area contributed by atoms with Gasteiger partial charge in [-0.15, -0.1) is 0 Å². The summed E-state index contributed by atoms with van der Waals surface area (Å²) in [6.07, 6.45) is 5.99. The largest absolute Gasteiger partial charge is 0.440 e. The molecule has 1 aliphatic rings. The second-order valence-corrected chi connectivity index (χ2v) is 10.2. The quantitative estimate of drug-likeness (QED) is 0.315. The Labute approximate surface area is 220 Å². The third-order valence-electron chi connectivity index (χ3n) is 7.40. The van der Waals surface area contributed by atoms with E-state index in [-0.39, 0.29) is 18.8 Å². The summed E-state index contributed by atoms with van der Waals surface area (Å²) >= 11 is 0. The van der Waals surface area contributed by atoms with Crippen molar-refractivity contribution in [3.63, 3.8) is 0 Å². The van der Waals surface area contributed by atoms with Crippen LogP contribution in [0.5, 0.6) is 0 Å². The van der Waals surface area contributed by atoms with Crippen LogP contribution in [0.15, 0.2) is 47.1 Å². The summed E-state index contributed by atoms with van der Waals surface area (Å²) in [7, 11) is 0. The first-order chi connectivity index (χ1) is 18.5. The number of benzene rings is 2. The molecule has 0 unspecified atom stereocenters. The number of aliphatic hydroxyl groups excluding tert-OH is 1. The number of nitrogens with two attached hydrogens (primary N) is 1. The van der Waals surface area contributed by atoms with E-state index < -0.39 is 0 Å². The van der Waals surface area contributed by atoms with Gasteiger partial charge in [0.15, 0.2) is 17.1 Å². The van der Waals surface area contributed by atoms with Gasteiger partial charge < -0.3 is 20.0 Å². The third kappa shape index (κ3) is 4.63. The number of aliphatic hydroxyl groups is 1. The summed E-state index contributed by atoms with van der Waals surface area (Å²) in [5, 5.41) is 14.8. The van der Waals surface area contributed by atoms with E-state index in [0.29, 0.717) is 24.7 Å². The molecule has 1 saturated carbocycles. The topological polar surface area (TPSA) is 125 Å². The van der Waals surface area contributed by atoms with E-state index >= 15 is 0 Å². The molecule has 0 amide bonds. The van der Waals surface area contributed by atoms with Crippen molar-refractivity contribution in [2.75, 3.05) is 18.9 Å². The molecule has 1 fully saturated rings. The monoisotopic (exact) mass is 512 g/mol. The molecule has 0 bridgehead atoms. The number of oxazole rings is 1. The van der Waals surface area contributed by atoms with Crippen molar-refractivity contribution in [2.24, 2.45) is 0 Å². The van der Waals surface area contributed by atoms with Gasteiger partial charge in [0.05, 0.1) is 30.7 Å². The molecular formula is C29H32N6O3. The molecule has 0 atom stereocenters. The predicted molar refractivity (Wildman–Crippen MR) is 146 cm³/mol. The summed E-state index contributed by atoms with van der Waals surface area (Å²) in [4.78, 5) is 13.5.